The normalized spacial score (nSPS) is 25.0. The largest absolute Gasteiger partial charge is 0.464 e. The summed E-state index contributed by atoms with van der Waals surface area (Å²) in [7, 11) is 0. The maximum absolute atomic E-state index is 11.3. The average molecular weight is 213 g/mol. The van der Waals surface area contributed by atoms with Crippen LogP contribution in [-0.2, 0) is 9.53 Å². The number of ether oxygens (including phenoxy) is 1. The third kappa shape index (κ3) is 3.82. The van der Waals surface area contributed by atoms with Gasteiger partial charge in [0.2, 0.25) is 0 Å². The molecule has 1 rings (SSSR count). The van der Waals surface area contributed by atoms with Crippen LogP contribution in [-0.4, -0.2) is 24.7 Å². The average Bonchev–Trinajstić information content (AvgIpc) is 2.63. The molecule has 0 bridgehead atoms. The molecule has 15 heavy (non-hydrogen) atoms. The number of esters is 1. The topological polar surface area (TPSA) is 38.3 Å². The van der Waals surface area contributed by atoms with E-state index in [1.807, 2.05) is 0 Å². The second-order valence-corrected chi connectivity index (χ2v) is 4.53. The number of carbonyl (C=O) groups excluding carboxylic acids is 1. The molecule has 0 aromatic heterocycles. The first-order valence-corrected chi connectivity index (χ1v) is 6.10. The summed E-state index contributed by atoms with van der Waals surface area (Å²) in [6.45, 7) is 7.22. The molecule has 0 radical (unpaired) electrons. The van der Waals surface area contributed by atoms with Gasteiger partial charge in [0.15, 0.2) is 0 Å². The van der Waals surface area contributed by atoms with Gasteiger partial charge in [-0.3, -0.25) is 4.79 Å². The van der Waals surface area contributed by atoms with E-state index in [0.717, 1.165) is 25.2 Å². The Morgan fingerprint density at radius 2 is 2.20 bits per heavy atom. The van der Waals surface area contributed by atoms with Gasteiger partial charge in [0.1, 0.15) is 6.04 Å². The van der Waals surface area contributed by atoms with Gasteiger partial charge in [-0.15, -0.1) is 0 Å². The lowest BCUT2D eigenvalue weighted by atomic mass is 9.97. The predicted octanol–water partition coefficient (Wildman–Crippen LogP) is 2.11. The Labute approximate surface area is 92.6 Å². The number of hydrogen-bond acceptors (Lipinski definition) is 3. The summed E-state index contributed by atoms with van der Waals surface area (Å²) in [4.78, 5) is 11.3. The van der Waals surface area contributed by atoms with Crippen LogP contribution in [0.2, 0.25) is 0 Å². The van der Waals surface area contributed by atoms with Crippen molar-refractivity contribution < 1.29 is 9.53 Å². The van der Waals surface area contributed by atoms with Crippen LogP contribution in [0.15, 0.2) is 0 Å². The number of carbonyl (C=O) groups is 1. The summed E-state index contributed by atoms with van der Waals surface area (Å²) in [6, 6.07) is 0.398. The SMILES string of the molecule is CCC(C)CC(CC)NC1CCOC1=O. The summed E-state index contributed by atoms with van der Waals surface area (Å²) in [5, 5.41) is 3.41. The number of rotatable bonds is 6. The van der Waals surface area contributed by atoms with E-state index in [1.54, 1.807) is 0 Å². The van der Waals surface area contributed by atoms with Crippen molar-refractivity contribution in [1.29, 1.82) is 0 Å². The van der Waals surface area contributed by atoms with Gasteiger partial charge < -0.3 is 10.1 Å². The fraction of sp³-hybridized carbons (Fsp3) is 0.917. The van der Waals surface area contributed by atoms with Crippen molar-refractivity contribution in [2.24, 2.45) is 5.92 Å². The summed E-state index contributed by atoms with van der Waals surface area (Å²) in [5.41, 5.74) is 0. The molecule has 1 N–H and O–H groups in total. The van der Waals surface area contributed by atoms with E-state index in [0.29, 0.717) is 12.6 Å². The Morgan fingerprint density at radius 3 is 2.67 bits per heavy atom. The van der Waals surface area contributed by atoms with E-state index < -0.39 is 0 Å². The van der Waals surface area contributed by atoms with Crippen LogP contribution in [0.3, 0.4) is 0 Å². The van der Waals surface area contributed by atoms with Crippen molar-refractivity contribution in [3.05, 3.63) is 0 Å². The third-order valence-electron chi connectivity index (χ3n) is 3.25. The molecule has 0 saturated carbocycles. The molecule has 1 aliphatic rings. The van der Waals surface area contributed by atoms with E-state index >= 15 is 0 Å². The number of hydrogen-bond donors (Lipinski definition) is 1. The van der Waals surface area contributed by atoms with E-state index in [9.17, 15) is 4.79 Å². The Balaban J connectivity index is 2.35. The first kappa shape index (κ1) is 12.5. The molecule has 3 heteroatoms. The fourth-order valence-electron chi connectivity index (χ4n) is 1.94. The van der Waals surface area contributed by atoms with Crippen molar-refractivity contribution in [3.8, 4) is 0 Å². The minimum absolute atomic E-state index is 0.0565. The van der Waals surface area contributed by atoms with Gasteiger partial charge in [0.25, 0.3) is 0 Å². The first-order valence-electron chi connectivity index (χ1n) is 6.10. The smallest absolute Gasteiger partial charge is 0.323 e. The van der Waals surface area contributed by atoms with Crippen molar-refractivity contribution >= 4 is 5.97 Å². The van der Waals surface area contributed by atoms with Gasteiger partial charge in [-0.25, -0.2) is 0 Å². The molecule has 0 aromatic carbocycles. The Kier molecular flexibility index (Phi) is 5.09. The van der Waals surface area contributed by atoms with Crippen LogP contribution in [0, 0.1) is 5.92 Å². The van der Waals surface area contributed by atoms with Crippen LogP contribution in [0.4, 0.5) is 0 Å². The van der Waals surface area contributed by atoms with E-state index in [2.05, 4.69) is 26.1 Å². The third-order valence-corrected chi connectivity index (χ3v) is 3.25. The molecule has 1 fully saturated rings. The second kappa shape index (κ2) is 6.11. The number of cyclic esters (lactones) is 1. The fourth-order valence-corrected chi connectivity index (χ4v) is 1.94. The van der Waals surface area contributed by atoms with Crippen molar-refractivity contribution in [2.75, 3.05) is 6.61 Å². The van der Waals surface area contributed by atoms with Crippen LogP contribution in [0.1, 0.15) is 46.5 Å². The zero-order chi connectivity index (χ0) is 11.3. The minimum atomic E-state index is -0.0717. The van der Waals surface area contributed by atoms with Crippen LogP contribution in [0.5, 0.6) is 0 Å². The number of nitrogens with one attached hydrogen (secondary N) is 1. The molecule has 88 valence electrons. The second-order valence-electron chi connectivity index (χ2n) is 4.53. The van der Waals surface area contributed by atoms with Crippen molar-refractivity contribution in [3.63, 3.8) is 0 Å². The molecule has 0 spiro atoms. The maximum atomic E-state index is 11.3. The highest BCUT2D eigenvalue weighted by molar-refractivity contribution is 5.77. The van der Waals surface area contributed by atoms with Gasteiger partial charge in [0.05, 0.1) is 6.61 Å². The molecule has 0 aromatic rings. The summed E-state index contributed by atoms with van der Waals surface area (Å²) in [6.07, 6.45) is 4.26. The summed E-state index contributed by atoms with van der Waals surface area (Å²) >= 11 is 0. The van der Waals surface area contributed by atoms with Crippen LogP contribution in [0.25, 0.3) is 0 Å². The molecule has 0 amide bonds. The molecule has 1 saturated heterocycles. The van der Waals surface area contributed by atoms with E-state index in [4.69, 9.17) is 4.74 Å². The van der Waals surface area contributed by atoms with Gasteiger partial charge >= 0.3 is 5.97 Å². The Bertz CT molecular complexity index is 206. The maximum Gasteiger partial charge on any atom is 0.323 e. The lowest BCUT2D eigenvalue weighted by Crippen LogP contribution is -2.41. The summed E-state index contributed by atoms with van der Waals surface area (Å²) < 4.78 is 4.94. The van der Waals surface area contributed by atoms with Crippen LogP contribution >= 0.6 is 0 Å². The highest BCUT2D eigenvalue weighted by atomic mass is 16.5. The lowest BCUT2D eigenvalue weighted by Gasteiger charge is -2.22. The Hall–Kier alpha value is -0.570. The molecule has 3 unspecified atom stereocenters. The van der Waals surface area contributed by atoms with Gasteiger partial charge in [-0.05, 0) is 18.8 Å². The molecule has 1 heterocycles. The van der Waals surface area contributed by atoms with E-state index in [-0.39, 0.29) is 12.0 Å². The van der Waals surface area contributed by atoms with Gasteiger partial charge in [0, 0.05) is 12.5 Å². The van der Waals surface area contributed by atoms with Crippen molar-refractivity contribution in [2.45, 2.75) is 58.5 Å². The van der Waals surface area contributed by atoms with Gasteiger partial charge in [-0.2, -0.15) is 0 Å². The van der Waals surface area contributed by atoms with Gasteiger partial charge in [-0.1, -0.05) is 27.2 Å². The standard InChI is InChI=1S/C12H23NO2/c1-4-9(3)8-10(5-2)13-11-6-7-15-12(11)14/h9-11,13H,4-8H2,1-3H3. The van der Waals surface area contributed by atoms with Crippen LogP contribution < -0.4 is 5.32 Å². The summed E-state index contributed by atoms with van der Waals surface area (Å²) in [5.74, 6) is 0.650. The molecule has 0 aliphatic carbocycles. The molecular weight excluding hydrogens is 190 g/mol. The highest BCUT2D eigenvalue weighted by Crippen LogP contribution is 2.15. The molecule has 1 aliphatic heterocycles. The molecule has 3 nitrogen and oxygen atoms in total. The first-order chi connectivity index (χ1) is 7.17. The van der Waals surface area contributed by atoms with E-state index in [1.165, 1.54) is 6.42 Å². The lowest BCUT2D eigenvalue weighted by molar-refractivity contribution is -0.139. The highest BCUT2D eigenvalue weighted by Gasteiger charge is 2.28. The quantitative estimate of drug-likeness (QED) is 0.687. The van der Waals surface area contributed by atoms with Crippen molar-refractivity contribution in [1.82, 2.24) is 5.32 Å². The minimum Gasteiger partial charge on any atom is -0.464 e. The molecular formula is C12H23NO2. The molecule has 3 atom stereocenters. The predicted molar refractivity (Wildman–Crippen MR) is 60.7 cm³/mol. The zero-order valence-corrected chi connectivity index (χ0v) is 10.1. The monoisotopic (exact) mass is 213 g/mol. The Morgan fingerprint density at radius 1 is 1.47 bits per heavy atom. The zero-order valence-electron chi connectivity index (χ0n) is 10.1.